The van der Waals surface area contributed by atoms with Crippen LogP contribution in [0.2, 0.25) is 0 Å². The van der Waals surface area contributed by atoms with Crippen LogP contribution in [0.1, 0.15) is 63.1 Å². The number of hydrogen-bond acceptors (Lipinski definition) is 5. The summed E-state index contributed by atoms with van der Waals surface area (Å²) < 4.78 is 54.9. The highest BCUT2D eigenvalue weighted by atomic mass is 32.2. The Labute approximate surface area is 249 Å². The monoisotopic (exact) mass is 610 g/mol. The van der Waals surface area contributed by atoms with Gasteiger partial charge in [-0.15, -0.1) is 11.8 Å². The smallest absolute Gasteiger partial charge is 0.392 e. The quantitative estimate of drug-likeness (QED) is 0.166. The number of aliphatic imine (C=N–C) groups is 3. The van der Waals surface area contributed by atoms with Crippen molar-refractivity contribution >= 4 is 46.4 Å². The number of unbranched alkanes of at least 4 members (excludes halogenated alkanes) is 1. The van der Waals surface area contributed by atoms with Crippen molar-refractivity contribution in [3.05, 3.63) is 58.9 Å². The zero-order valence-corrected chi connectivity index (χ0v) is 25.6. The van der Waals surface area contributed by atoms with E-state index in [-0.39, 0.29) is 23.8 Å². The number of amides is 2. The summed E-state index contributed by atoms with van der Waals surface area (Å²) in [5, 5.41) is 2.84. The highest BCUT2D eigenvalue weighted by Crippen LogP contribution is 2.23. The molecular formula is C30H38F4N4O3S. The molecule has 0 unspecified atom stereocenters. The summed E-state index contributed by atoms with van der Waals surface area (Å²) in [7, 11) is 1.59. The number of halogens is 4. The van der Waals surface area contributed by atoms with E-state index in [9.17, 15) is 27.2 Å². The highest BCUT2D eigenvalue weighted by Gasteiger charge is 2.26. The summed E-state index contributed by atoms with van der Waals surface area (Å²) in [5.74, 6) is 0.678. The van der Waals surface area contributed by atoms with Gasteiger partial charge in [0.25, 0.3) is 0 Å². The first-order valence-corrected chi connectivity index (χ1v) is 14.3. The molecule has 12 heteroatoms. The molecule has 230 valence electrons. The number of hydrogen-bond donors (Lipinski definition) is 1. The molecule has 0 saturated carbocycles. The van der Waals surface area contributed by atoms with Crippen molar-refractivity contribution in [1.82, 2.24) is 0 Å². The Hall–Kier alpha value is -3.54. The Kier molecular flexibility index (Phi) is 16.3. The molecule has 0 bridgehead atoms. The summed E-state index contributed by atoms with van der Waals surface area (Å²) in [5.41, 5.74) is 2.46. The number of thioether (sulfide) groups is 1. The average molecular weight is 611 g/mol. The van der Waals surface area contributed by atoms with Crippen LogP contribution in [0, 0.1) is 19.7 Å². The van der Waals surface area contributed by atoms with E-state index in [1.807, 2.05) is 32.9 Å². The van der Waals surface area contributed by atoms with E-state index in [4.69, 9.17) is 4.74 Å². The molecule has 2 amide bonds. The first-order valence-electron chi connectivity index (χ1n) is 13.4. The van der Waals surface area contributed by atoms with Crippen LogP contribution in [0.25, 0.3) is 0 Å². The molecule has 2 aromatic carbocycles. The van der Waals surface area contributed by atoms with Gasteiger partial charge in [0.15, 0.2) is 5.84 Å². The molecule has 0 atom stereocenters. The summed E-state index contributed by atoms with van der Waals surface area (Å²) in [4.78, 5) is 35.3. The largest absolute Gasteiger partial charge is 0.493 e. The standard InChI is InChI=1S/C19H25FN4O2S.C11H13F3O/c1-5-7-10-22-18(21-4)14-8-9-17(16(20)11-14)24-19(26)23-13(3)27-12-15(25)6-2;1-8-3-4-10(9(2)7-8)15-6-5-11(12,13)14/h8-11H,5-7,12H2,1-4H3,(H,24,26);3-4,7H,5-6H2,1-2H3/b21-18?,22-10?,23-13-;. The summed E-state index contributed by atoms with van der Waals surface area (Å²) in [6.45, 7) is 8.86. The van der Waals surface area contributed by atoms with Crippen LogP contribution in [0.15, 0.2) is 51.4 Å². The van der Waals surface area contributed by atoms with E-state index >= 15 is 0 Å². The third-order valence-corrected chi connectivity index (χ3v) is 6.36. The van der Waals surface area contributed by atoms with Crippen molar-refractivity contribution in [3.63, 3.8) is 0 Å². The molecule has 42 heavy (non-hydrogen) atoms. The van der Waals surface area contributed by atoms with Crippen LogP contribution < -0.4 is 10.1 Å². The van der Waals surface area contributed by atoms with E-state index in [0.29, 0.717) is 28.6 Å². The Morgan fingerprint density at radius 2 is 1.81 bits per heavy atom. The molecule has 0 saturated heterocycles. The molecule has 0 radical (unpaired) electrons. The maximum Gasteiger partial charge on any atom is 0.392 e. The van der Waals surface area contributed by atoms with Crippen molar-refractivity contribution in [3.8, 4) is 5.75 Å². The van der Waals surface area contributed by atoms with Gasteiger partial charge in [-0.05, 0) is 57.0 Å². The zero-order valence-electron chi connectivity index (χ0n) is 24.8. The SMILES string of the molecule is CCCC=NC(=NC)c1ccc(NC(=O)/N=C(/C)SCC(=O)CC)c(F)c1.Cc1ccc(OCCC(F)(F)F)c(C)c1. The van der Waals surface area contributed by atoms with Crippen LogP contribution >= 0.6 is 11.8 Å². The van der Waals surface area contributed by atoms with Gasteiger partial charge >= 0.3 is 12.2 Å². The Morgan fingerprint density at radius 3 is 2.38 bits per heavy atom. The fourth-order valence-corrected chi connectivity index (χ4v) is 3.86. The Balaban J connectivity index is 0.000000495. The number of anilines is 1. The molecule has 0 aromatic heterocycles. The predicted octanol–water partition coefficient (Wildman–Crippen LogP) is 8.37. The van der Waals surface area contributed by atoms with E-state index in [0.717, 1.165) is 24.0 Å². The van der Waals surface area contributed by atoms with Gasteiger partial charge in [-0.25, -0.2) is 14.2 Å². The second-order valence-corrected chi connectivity index (χ2v) is 10.2. The van der Waals surface area contributed by atoms with Crippen molar-refractivity contribution in [2.24, 2.45) is 15.0 Å². The second-order valence-electron chi connectivity index (χ2n) is 9.07. The lowest BCUT2D eigenvalue weighted by molar-refractivity contribution is -0.139. The number of nitrogens with zero attached hydrogens (tertiary/aromatic N) is 3. The number of aryl methyl sites for hydroxylation is 2. The minimum atomic E-state index is -4.15. The minimum absolute atomic E-state index is 0.0166. The van der Waals surface area contributed by atoms with E-state index in [1.54, 1.807) is 39.2 Å². The number of carbonyl (C=O) groups excluding carboxylic acids is 2. The number of ether oxygens (including phenoxy) is 1. The summed E-state index contributed by atoms with van der Waals surface area (Å²) in [6, 6.07) is 9.05. The number of Topliss-reactive ketones (excluding diaryl/α,β-unsaturated/α-hetero) is 1. The molecule has 0 fully saturated rings. The van der Waals surface area contributed by atoms with E-state index in [1.165, 1.54) is 23.9 Å². The topological polar surface area (TPSA) is 92.5 Å². The Morgan fingerprint density at radius 1 is 1.10 bits per heavy atom. The third-order valence-electron chi connectivity index (χ3n) is 5.38. The maximum absolute atomic E-state index is 14.3. The van der Waals surface area contributed by atoms with E-state index in [2.05, 4.69) is 20.3 Å². The number of amidine groups is 1. The van der Waals surface area contributed by atoms with Crippen LogP contribution in [0.5, 0.6) is 5.75 Å². The van der Waals surface area contributed by atoms with Crippen molar-refractivity contribution in [2.75, 3.05) is 24.7 Å². The van der Waals surface area contributed by atoms with Gasteiger partial charge < -0.3 is 10.1 Å². The summed E-state index contributed by atoms with van der Waals surface area (Å²) >= 11 is 1.19. The molecule has 1 N–H and O–H groups in total. The summed E-state index contributed by atoms with van der Waals surface area (Å²) in [6.07, 6.45) is -1.11. The van der Waals surface area contributed by atoms with Crippen LogP contribution in [0.4, 0.5) is 28.0 Å². The number of rotatable bonds is 10. The van der Waals surface area contributed by atoms with Crippen LogP contribution in [-0.2, 0) is 4.79 Å². The normalized spacial score (nSPS) is 12.1. The van der Waals surface area contributed by atoms with Gasteiger partial charge in [-0.1, -0.05) is 38.0 Å². The fourth-order valence-electron chi connectivity index (χ4n) is 3.14. The predicted molar refractivity (Wildman–Crippen MR) is 164 cm³/mol. The van der Waals surface area contributed by atoms with Crippen molar-refractivity contribution < 1.29 is 31.9 Å². The molecule has 0 heterocycles. The molecule has 0 aliphatic rings. The van der Waals surface area contributed by atoms with Crippen molar-refractivity contribution in [2.45, 2.75) is 66.5 Å². The zero-order chi connectivity index (χ0) is 31.7. The lowest BCUT2D eigenvalue weighted by atomic mass is 10.1. The molecule has 0 aliphatic carbocycles. The molecule has 0 aliphatic heterocycles. The lowest BCUT2D eigenvalue weighted by Crippen LogP contribution is -2.13. The van der Waals surface area contributed by atoms with Gasteiger partial charge in [-0.3, -0.25) is 9.79 Å². The average Bonchev–Trinajstić information content (AvgIpc) is 2.92. The third kappa shape index (κ3) is 14.9. The molecular weight excluding hydrogens is 572 g/mol. The second kappa shape index (κ2) is 18.8. The fraction of sp³-hybridized carbons (Fsp3) is 0.433. The van der Waals surface area contributed by atoms with Crippen LogP contribution in [-0.4, -0.2) is 54.5 Å². The number of carbonyl (C=O) groups is 2. The Bertz CT molecular complexity index is 1280. The molecule has 0 spiro atoms. The van der Waals surface area contributed by atoms with Crippen molar-refractivity contribution in [1.29, 1.82) is 0 Å². The van der Waals surface area contributed by atoms with Gasteiger partial charge in [0.05, 0.1) is 29.5 Å². The molecule has 2 aromatic rings. The number of urea groups is 1. The van der Waals surface area contributed by atoms with Crippen LogP contribution in [0.3, 0.4) is 0 Å². The minimum Gasteiger partial charge on any atom is -0.493 e. The number of benzene rings is 2. The maximum atomic E-state index is 14.3. The van der Waals surface area contributed by atoms with Gasteiger partial charge in [0.2, 0.25) is 0 Å². The van der Waals surface area contributed by atoms with Gasteiger partial charge in [0, 0.05) is 25.2 Å². The van der Waals surface area contributed by atoms with Gasteiger partial charge in [-0.2, -0.15) is 18.2 Å². The van der Waals surface area contributed by atoms with Gasteiger partial charge in [0.1, 0.15) is 17.3 Å². The molecule has 7 nitrogen and oxygen atoms in total. The number of nitrogens with one attached hydrogen (secondary N) is 1. The molecule has 2 rings (SSSR count). The number of alkyl halides is 3. The van der Waals surface area contributed by atoms with E-state index < -0.39 is 24.4 Å². The lowest BCUT2D eigenvalue weighted by Gasteiger charge is -2.11. The number of ketones is 1. The highest BCUT2D eigenvalue weighted by molar-refractivity contribution is 8.14. The first kappa shape index (κ1) is 36.5. The first-order chi connectivity index (χ1) is 19.8.